The third kappa shape index (κ3) is 4.02. The molecule has 0 aliphatic heterocycles. The highest BCUT2D eigenvalue weighted by Crippen LogP contribution is 2.27. The lowest BCUT2D eigenvalue weighted by Crippen LogP contribution is -1.98. The zero-order chi connectivity index (χ0) is 21.1. The first-order valence-electron chi connectivity index (χ1n) is 9.54. The van der Waals surface area contributed by atoms with Gasteiger partial charge in [-0.25, -0.2) is 9.78 Å². The molecule has 5 nitrogen and oxygen atoms in total. The van der Waals surface area contributed by atoms with Crippen molar-refractivity contribution in [3.63, 3.8) is 0 Å². The normalized spacial score (nSPS) is 11.4. The molecule has 0 saturated carbocycles. The average molecular weight is 414 g/mol. The van der Waals surface area contributed by atoms with E-state index >= 15 is 0 Å². The van der Waals surface area contributed by atoms with Crippen molar-refractivity contribution >= 4 is 33.6 Å². The zero-order valence-electron chi connectivity index (χ0n) is 16.6. The summed E-state index contributed by atoms with van der Waals surface area (Å²) in [5, 5.41) is 16.2. The lowest BCUT2D eigenvalue weighted by Gasteiger charge is -2.05. The minimum absolute atomic E-state index is 0.382. The average Bonchev–Trinajstić information content (AvgIpc) is 3.24. The lowest BCUT2D eigenvalue weighted by atomic mass is 10.1. The second kappa shape index (κ2) is 8.36. The van der Waals surface area contributed by atoms with Crippen LogP contribution < -0.4 is 10.9 Å². The Bertz CT molecular complexity index is 1340. The highest BCUT2D eigenvalue weighted by Gasteiger charge is 2.09. The van der Waals surface area contributed by atoms with Crippen molar-refractivity contribution in [3.8, 4) is 17.3 Å². The van der Waals surface area contributed by atoms with Crippen molar-refractivity contribution in [2.45, 2.75) is 20.3 Å². The van der Waals surface area contributed by atoms with E-state index in [0.29, 0.717) is 16.2 Å². The Kier molecular flexibility index (Phi) is 5.46. The summed E-state index contributed by atoms with van der Waals surface area (Å²) >= 11 is 1.43. The van der Waals surface area contributed by atoms with Crippen molar-refractivity contribution in [3.05, 3.63) is 86.7 Å². The quantitative estimate of drug-likeness (QED) is 0.332. The van der Waals surface area contributed by atoms with E-state index in [1.807, 2.05) is 24.4 Å². The first-order valence-corrected chi connectivity index (χ1v) is 10.4. The number of nitrogens with one attached hydrogen (secondary N) is 1. The minimum Gasteiger partial charge on any atom is -0.423 e. The van der Waals surface area contributed by atoms with E-state index in [-0.39, 0.29) is 5.63 Å². The standard InChI is InChI=1S/C24H19N3O2S/c1-3-16-4-6-17(7-5-16)21-14-30-24(27-21)18(12-25)13-26-19-8-9-20-15(2)10-23(28)29-22(20)11-19/h4-11,13-14,26H,3H2,1-2H3/b18-13+. The number of anilines is 1. The van der Waals surface area contributed by atoms with Crippen molar-refractivity contribution in [1.29, 1.82) is 5.26 Å². The van der Waals surface area contributed by atoms with Crippen molar-refractivity contribution < 1.29 is 4.42 Å². The summed E-state index contributed by atoms with van der Waals surface area (Å²) in [6.07, 6.45) is 2.62. The van der Waals surface area contributed by atoms with Crippen molar-refractivity contribution in [1.82, 2.24) is 4.98 Å². The molecule has 30 heavy (non-hydrogen) atoms. The number of fused-ring (bicyclic) bond motifs is 1. The summed E-state index contributed by atoms with van der Waals surface area (Å²) in [4.78, 5) is 16.2. The molecule has 6 heteroatoms. The summed E-state index contributed by atoms with van der Waals surface area (Å²) in [5.41, 5.74) is 5.29. The second-order valence-electron chi connectivity index (χ2n) is 6.86. The van der Waals surface area contributed by atoms with Crippen LogP contribution in [-0.4, -0.2) is 4.98 Å². The summed E-state index contributed by atoms with van der Waals surface area (Å²) in [6.45, 7) is 3.99. The zero-order valence-corrected chi connectivity index (χ0v) is 17.4. The molecule has 2 heterocycles. The van der Waals surface area contributed by atoms with Crippen LogP contribution in [0.25, 0.3) is 27.8 Å². The van der Waals surface area contributed by atoms with Crippen LogP contribution in [0.2, 0.25) is 0 Å². The van der Waals surface area contributed by atoms with Gasteiger partial charge in [0.05, 0.1) is 5.69 Å². The van der Waals surface area contributed by atoms with E-state index in [1.54, 1.807) is 12.3 Å². The lowest BCUT2D eigenvalue weighted by molar-refractivity contribution is 0.560. The fraction of sp³-hybridized carbons (Fsp3) is 0.125. The van der Waals surface area contributed by atoms with Gasteiger partial charge in [-0.05, 0) is 36.6 Å². The fourth-order valence-corrected chi connectivity index (χ4v) is 3.95. The molecular weight excluding hydrogens is 394 g/mol. The molecule has 4 aromatic rings. The molecule has 148 valence electrons. The van der Waals surface area contributed by atoms with Crippen molar-refractivity contribution in [2.24, 2.45) is 0 Å². The van der Waals surface area contributed by atoms with Gasteiger partial charge in [-0.15, -0.1) is 11.3 Å². The van der Waals surface area contributed by atoms with E-state index in [4.69, 9.17) is 4.42 Å². The van der Waals surface area contributed by atoms with Crippen LogP contribution in [0, 0.1) is 18.3 Å². The molecule has 0 aliphatic carbocycles. The van der Waals surface area contributed by atoms with Crippen LogP contribution in [0.5, 0.6) is 0 Å². The highest BCUT2D eigenvalue weighted by molar-refractivity contribution is 7.11. The van der Waals surface area contributed by atoms with E-state index in [9.17, 15) is 10.1 Å². The molecular formula is C24H19N3O2S. The number of rotatable bonds is 5. The Morgan fingerprint density at radius 1 is 1.23 bits per heavy atom. The fourth-order valence-electron chi connectivity index (χ4n) is 3.15. The molecule has 4 rings (SSSR count). The Hall–Kier alpha value is -3.69. The predicted octanol–water partition coefficient (Wildman–Crippen LogP) is 5.76. The first-order chi connectivity index (χ1) is 14.6. The number of aryl methyl sites for hydroxylation is 2. The van der Waals surface area contributed by atoms with Crippen molar-refractivity contribution in [2.75, 3.05) is 5.32 Å². The number of benzene rings is 2. The Labute approximate surface area is 177 Å². The number of nitrogens with zero attached hydrogens (tertiary/aromatic N) is 2. The van der Waals surface area contributed by atoms with Gasteiger partial charge in [0.25, 0.3) is 0 Å². The van der Waals surface area contributed by atoms with E-state index in [0.717, 1.165) is 34.3 Å². The molecule has 0 atom stereocenters. The maximum absolute atomic E-state index is 11.6. The van der Waals surface area contributed by atoms with Crippen LogP contribution in [0.1, 0.15) is 23.1 Å². The van der Waals surface area contributed by atoms with Crippen LogP contribution in [0.15, 0.2) is 69.3 Å². The molecule has 1 N–H and O–H groups in total. The number of hydrogen-bond acceptors (Lipinski definition) is 6. The highest BCUT2D eigenvalue weighted by atomic mass is 32.1. The molecule has 2 aromatic heterocycles. The Morgan fingerprint density at radius 3 is 2.77 bits per heavy atom. The molecule has 0 aliphatic rings. The summed E-state index contributed by atoms with van der Waals surface area (Å²) in [6, 6.07) is 17.5. The molecule has 0 radical (unpaired) electrons. The number of nitriles is 1. The minimum atomic E-state index is -0.382. The number of hydrogen-bond donors (Lipinski definition) is 1. The second-order valence-corrected chi connectivity index (χ2v) is 7.72. The molecule has 0 amide bonds. The van der Waals surface area contributed by atoms with E-state index in [2.05, 4.69) is 47.6 Å². The maximum Gasteiger partial charge on any atom is 0.336 e. The monoisotopic (exact) mass is 413 g/mol. The van der Waals surface area contributed by atoms with Gasteiger partial charge in [-0.3, -0.25) is 0 Å². The molecule has 0 spiro atoms. The van der Waals surface area contributed by atoms with E-state index < -0.39 is 0 Å². The Balaban J connectivity index is 1.58. The van der Waals surface area contributed by atoms with Gasteiger partial charge in [0.1, 0.15) is 22.2 Å². The van der Waals surface area contributed by atoms with Crippen LogP contribution >= 0.6 is 11.3 Å². The van der Waals surface area contributed by atoms with Crippen LogP contribution in [-0.2, 0) is 6.42 Å². The largest absolute Gasteiger partial charge is 0.423 e. The topological polar surface area (TPSA) is 78.9 Å². The van der Waals surface area contributed by atoms with Gasteiger partial charge in [0.2, 0.25) is 0 Å². The van der Waals surface area contributed by atoms with Gasteiger partial charge in [-0.1, -0.05) is 31.2 Å². The van der Waals surface area contributed by atoms with Crippen LogP contribution in [0.4, 0.5) is 5.69 Å². The van der Waals surface area contributed by atoms with Gasteiger partial charge < -0.3 is 9.73 Å². The smallest absolute Gasteiger partial charge is 0.336 e. The number of aromatic nitrogens is 1. The maximum atomic E-state index is 11.6. The molecule has 0 fully saturated rings. The molecule has 0 saturated heterocycles. The predicted molar refractivity (Wildman–Crippen MR) is 121 cm³/mol. The van der Waals surface area contributed by atoms with Gasteiger partial charge >= 0.3 is 5.63 Å². The number of allylic oxidation sites excluding steroid dienone is 1. The Morgan fingerprint density at radius 2 is 2.03 bits per heavy atom. The van der Waals surface area contributed by atoms with Crippen LogP contribution in [0.3, 0.4) is 0 Å². The molecule has 2 aromatic carbocycles. The third-order valence-corrected chi connectivity index (χ3v) is 5.72. The van der Waals surface area contributed by atoms with Gasteiger partial charge in [0, 0.05) is 40.3 Å². The summed E-state index contributed by atoms with van der Waals surface area (Å²) in [7, 11) is 0. The SMILES string of the molecule is CCc1ccc(-c2csc(/C(C#N)=C/Nc3ccc4c(C)cc(=O)oc4c3)n2)cc1. The number of thiazole rings is 1. The van der Waals surface area contributed by atoms with Gasteiger partial charge in [0.15, 0.2) is 0 Å². The molecule has 0 unspecified atom stereocenters. The molecule has 0 bridgehead atoms. The summed E-state index contributed by atoms with van der Waals surface area (Å²) < 4.78 is 5.28. The third-order valence-electron chi connectivity index (χ3n) is 4.85. The summed E-state index contributed by atoms with van der Waals surface area (Å²) in [5.74, 6) is 0. The van der Waals surface area contributed by atoms with Gasteiger partial charge in [-0.2, -0.15) is 5.26 Å². The van der Waals surface area contributed by atoms with E-state index in [1.165, 1.54) is 23.0 Å². The first kappa shape index (κ1) is 19.6.